The van der Waals surface area contributed by atoms with Crippen LogP contribution in [0.2, 0.25) is 0 Å². The van der Waals surface area contributed by atoms with Gasteiger partial charge in [-0.1, -0.05) is 60.2 Å². The first kappa shape index (κ1) is 35.0. The Morgan fingerprint density at radius 2 is 1.79 bits per heavy atom. The number of benzene rings is 1. The number of hydrogen-bond donors (Lipinski definition) is 3. The summed E-state index contributed by atoms with van der Waals surface area (Å²) in [5.41, 5.74) is 2.40. The number of hydrogen-bond acceptors (Lipinski definition) is 5. The van der Waals surface area contributed by atoms with Crippen LogP contribution < -0.4 is 15.5 Å². The maximum Gasteiger partial charge on any atom is 0.237 e. The van der Waals surface area contributed by atoms with Crippen molar-refractivity contribution in [1.29, 1.82) is 0 Å². The van der Waals surface area contributed by atoms with Gasteiger partial charge in [0.1, 0.15) is 0 Å². The first-order valence-electron chi connectivity index (χ1n) is 13.3. The molecular weight excluding hydrogens is 494 g/mol. The van der Waals surface area contributed by atoms with Crippen LogP contribution in [0, 0.1) is 31.6 Å². The van der Waals surface area contributed by atoms with Gasteiger partial charge in [0.25, 0.3) is 0 Å². The third-order valence-corrected chi connectivity index (χ3v) is 7.09. The van der Waals surface area contributed by atoms with E-state index in [4.69, 9.17) is 0 Å². The molecule has 38 heavy (non-hydrogen) atoms. The van der Waals surface area contributed by atoms with E-state index in [0.717, 1.165) is 25.1 Å². The molecule has 1 aliphatic heterocycles. The average Bonchev–Trinajstić information content (AvgIpc) is 3.87. The summed E-state index contributed by atoms with van der Waals surface area (Å²) < 4.78 is 0. The number of allylic oxidation sites excluding steroid dienone is 1. The van der Waals surface area contributed by atoms with E-state index in [0.29, 0.717) is 11.3 Å². The number of nitrogens with zero attached hydrogens (tertiary/aromatic N) is 2. The first-order valence-corrected chi connectivity index (χ1v) is 14.7. The zero-order chi connectivity index (χ0) is 28.9. The number of amides is 1. The maximum absolute atomic E-state index is 11.3. The second-order valence-electron chi connectivity index (χ2n) is 8.77. The van der Waals surface area contributed by atoms with Crippen molar-refractivity contribution in [3.8, 4) is 12.8 Å². The van der Waals surface area contributed by atoms with Gasteiger partial charge in [-0.25, -0.2) is 4.83 Å². The fraction of sp³-hybridized carbons (Fsp3) is 0.500. The number of aryl methyl sites for hydroxylation is 2. The number of rotatable bonds is 5. The Labute approximate surface area is 232 Å². The SMILES string of the molecule is C#C.C=CC.C=S(NN=O)C1CC1.CC.Cc1ccc2c(C)nccc2c1.O=C(NC1CC1)[C@@H]1CCCN1. The average molecular weight is 542 g/mol. The molecule has 3 aliphatic rings. The minimum Gasteiger partial charge on any atom is -0.352 e. The second kappa shape index (κ2) is 21.0. The van der Waals surface area contributed by atoms with Crippen molar-refractivity contribution in [2.24, 2.45) is 5.29 Å². The molecule has 210 valence electrons. The summed E-state index contributed by atoms with van der Waals surface area (Å²) in [5.74, 6) is 3.93. The number of pyridine rings is 1. The van der Waals surface area contributed by atoms with E-state index in [2.05, 4.69) is 82.2 Å². The van der Waals surface area contributed by atoms with Crippen LogP contribution in [0.3, 0.4) is 0 Å². The van der Waals surface area contributed by atoms with Crippen molar-refractivity contribution in [1.82, 2.24) is 20.4 Å². The van der Waals surface area contributed by atoms with Crippen LogP contribution in [0.1, 0.15) is 70.6 Å². The monoisotopic (exact) mass is 541 g/mol. The van der Waals surface area contributed by atoms with E-state index in [1.807, 2.05) is 33.9 Å². The van der Waals surface area contributed by atoms with E-state index >= 15 is 0 Å². The van der Waals surface area contributed by atoms with E-state index in [1.165, 1.54) is 42.0 Å². The molecule has 1 amide bonds. The van der Waals surface area contributed by atoms with Crippen molar-refractivity contribution in [3.63, 3.8) is 0 Å². The highest BCUT2D eigenvalue weighted by molar-refractivity contribution is 8.13. The zero-order valence-corrected chi connectivity index (χ0v) is 24.7. The zero-order valence-electron chi connectivity index (χ0n) is 23.8. The Kier molecular flexibility index (Phi) is 19.3. The number of carbonyl (C=O) groups is 1. The van der Waals surface area contributed by atoms with Gasteiger partial charge in [-0.2, -0.15) is 0 Å². The van der Waals surface area contributed by atoms with Crippen LogP contribution in [-0.2, 0) is 4.79 Å². The Balaban J connectivity index is 0.000000490. The molecule has 2 aliphatic carbocycles. The summed E-state index contributed by atoms with van der Waals surface area (Å²) in [5, 5.41) is 11.9. The number of fused-ring (bicyclic) bond motifs is 1. The maximum atomic E-state index is 11.3. The van der Waals surface area contributed by atoms with Gasteiger partial charge >= 0.3 is 0 Å². The van der Waals surface area contributed by atoms with Crippen LogP contribution in [0.4, 0.5) is 0 Å². The van der Waals surface area contributed by atoms with E-state index < -0.39 is 0 Å². The first-order chi connectivity index (χ1) is 18.4. The third kappa shape index (κ3) is 14.7. The van der Waals surface area contributed by atoms with Crippen molar-refractivity contribution < 1.29 is 4.79 Å². The summed E-state index contributed by atoms with van der Waals surface area (Å²) in [4.78, 5) is 27.5. The second-order valence-corrected chi connectivity index (χ2v) is 10.5. The van der Waals surface area contributed by atoms with Gasteiger partial charge in [0.15, 0.2) is 0 Å². The van der Waals surface area contributed by atoms with E-state index in [1.54, 1.807) is 6.08 Å². The molecule has 0 radical (unpaired) electrons. The van der Waals surface area contributed by atoms with Crippen LogP contribution in [0.25, 0.3) is 10.8 Å². The molecule has 1 aromatic heterocycles. The van der Waals surface area contributed by atoms with Gasteiger partial charge in [0, 0.05) is 28.6 Å². The summed E-state index contributed by atoms with van der Waals surface area (Å²) >= 11 is 0. The van der Waals surface area contributed by atoms with Crippen LogP contribution >= 0.6 is 10.7 Å². The highest BCUT2D eigenvalue weighted by atomic mass is 32.2. The molecule has 3 fully saturated rings. The molecule has 0 bridgehead atoms. The quantitative estimate of drug-likeness (QED) is 0.134. The van der Waals surface area contributed by atoms with Crippen LogP contribution in [0.5, 0.6) is 0 Å². The molecule has 1 unspecified atom stereocenters. The lowest BCUT2D eigenvalue weighted by atomic mass is 10.1. The van der Waals surface area contributed by atoms with E-state index in [-0.39, 0.29) is 22.6 Å². The minimum absolute atomic E-state index is 0.107. The number of nitrogens with one attached hydrogen (secondary N) is 3. The van der Waals surface area contributed by atoms with Crippen molar-refractivity contribution in [2.75, 3.05) is 6.54 Å². The van der Waals surface area contributed by atoms with Gasteiger partial charge < -0.3 is 10.6 Å². The smallest absolute Gasteiger partial charge is 0.237 e. The molecule has 2 atom stereocenters. The Morgan fingerprint density at radius 1 is 1.16 bits per heavy atom. The summed E-state index contributed by atoms with van der Waals surface area (Å²) in [7, 11) is -0.190. The Hall–Kier alpha value is -3.02. The van der Waals surface area contributed by atoms with Gasteiger partial charge in [-0.3, -0.25) is 9.78 Å². The molecule has 8 heteroatoms. The molecule has 2 aromatic rings. The molecule has 1 aromatic carbocycles. The van der Waals surface area contributed by atoms with Crippen LogP contribution in [-0.4, -0.2) is 40.6 Å². The van der Waals surface area contributed by atoms with Crippen molar-refractivity contribution >= 4 is 33.2 Å². The molecule has 5 rings (SSSR count). The van der Waals surface area contributed by atoms with Gasteiger partial charge in [0.2, 0.25) is 5.91 Å². The third-order valence-electron chi connectivity index (χ3n) is 5.50. The molecule has 7 nitrogen and oxygen atoms in total. The molecule has 2 heterocycles. The number of terminal acetylenes is 1. The fourth-order valence-electron chi connectivity index (χ4n) is 3.36. The molecule has 3 N–H and O–H groups in total. The van der Waals surface area contributed by atoms with Crippen LogP contribution in [0.15, 0.2) is 48.4 Å². The fourth-order valence-corrected chi connectivity index (χ4v) is 4.31. The standard InChI is InChI=1S/C11H11N.C8H14N2O.C4H8N2OS.C3H6.C2H6.C2H2/c1-8-3-4-11-9(2)12-6-5-10(11)7-8;11-8(10-6-3-4-6)7-2-1-5-9-7;1-8(6-5-7)4-2-3-4;1-3-2;2*1-2/h3-7H,1-2H3;6-7,9H,1-5H2,(H,10,11);4H,1-3H2,(H,6,7);3H,1H2,2H3;1-2H3;1-2H/t;7-;;;;/m.0..../s1. The Bertz CT molecular complexity index is 1010. The van der Waals surface area contributed by atoms with Gasteiger partial charge in [-0.15, -0.1) is 24.3 Å². The lowest BCUT2D eigenvalue weighted by molar-refractivity contribution is -0.122. The van der Waals surface area contributed by atoms with Gasteiger partial charge in [-0.05, 0) is 77.3 Å². The summed E-state index contributed by atoms with van der Waals surface area (Å²) in [6.07, 6.45) is 18.5. The minimum atomic E-state index is -0.190. The van der Waals surface area contributed by atoms with Gasteiger partial charge in [0.05, 0.1) is 11.3 Å². The normalized spacial score (nSPS) is 17.3. The van der Waals surface area contributed by atoms with Crippen molar-refractivity contribution in [3.05, 3.63) is 59.3 Å². The summed E-state index contributed by atoms with van der Waals surface area (Å²) in [6.45, 7) is 14.4. The number of aromatic nitrogens is 1. The predicted octanol–water partition coefficient (Wildman–Crippen LogP) is 6.37. The van der Waals surface area contributed by atoms with E-state index in [9.17, 15) is 9.70 Å². The topological polar surface area (TPSA) is 95.5 Å². The Morgan fingerprint density at radius 3 is 2.29 bits per heavy atom. The largest absolute Gasteiger partial charge is 0.352 e. The highest BCUT2D eigenvalue weighted by Crippen LogP contribution is 2.35. The summed E-state index contributed by atoms with van der Waals surface area (Å²) in [6, 6.07) is 9.10. The molecule has 2 saturated carbocycles. The highest BCUT2D eigenvalue weighted by Gasteiger charge is 2.28. The molecular formula is C30H47N5O2S. The number of nitroso groups, excluding NO2 is 1. The predicted molar refractivity (Wildman–Crippen MR) is 167 cm³/mol. The lowest BCUT2D eigenvalue weighted by Crippen LogP contribution is -2.41. The molecule has 0 spiro atoms. The lowest BCUT2D eigenvalue weighted by Gasteiger charge is -2.09. The van der Waals surface area contributed by atoms with Crippen molar-refractivity contribution in [2.45, 2.75) is 90.5 Å². The molecule has 1 saturated heterocycles. The number of carbonyl (C=O) groups excluding carboxylic acids is 1.